The monoisotopic (exact) mass is 951 g/mol. The number of furan rings is 1. The molecule has 0 N–H and O–H groups in total. The average Bonchev–Trinajstić information content (AvgIpc) is 4.27. The topological polar surface area (TPSA) is 16.4 Å². The van der Waals surface area contributed by atoms with Gasteiger partial charge in [0.05, 0.1) is 11.1 Å². The van der Waals surface area contributed by atoms with Crippen molar-refractivity contribution in [1.82, 2.24) is 0 Å². The molecule has 1 heterocycles. The first-order chi connectivity index (χ1) is 37.2. The molecule has 0 fully saturated rings. The van der Waals surface area contributed by atoms with Crippen LogP contribution in [0.2, 0.25) is 0 Å². The summed E-state index contributed by atoms with van der Waals surface area (Å²) >= 11 is 0. The normalized spacial score (nSPS) is 12.9. The van der Waals surface area contributed by atoms with Gasteiger partial charge in [0.2, 0.25) is 0 Å². The van der Waals surface area contributed by atoms with Crippen LogP contribution in [0.1, 0.15) is 22.3 Å². The second-order valence-corrected chi connectivity index (χ2v) is 20.3. The molecular weight excluding hydrogens is 907 g/mol. The fourth-order valence-corrected chi connectivity index (χ4v) is 13.2. The van der Waals surface area contributed by atoms with E-state index in [1.165, 1.54) is 76.8 Å². The predicted octanol–water partition coefficient (Wildman–Crippen LogP) is 19.9. The van der Waals surface area contributed by atoms with Crippen LogP contribution in [0, 0.1) is 0 Å². The second kappa shape index (κ2) is 16.1. The highest BCUT2D eigenvalue weighted by atomic mass is 16.3. The van der Waals surface area contributed by atoms with E-state index >= 15 is 0 Å². The van der Waals surface area contributed by atoms with E-state index < -0.39 is 5.41 Å². The Hall–Kier alpha value is -9.76. The van der Waals surface area contributed by atoms with Crippen LogP contribution >= 0.6 is 0 Å². The lowest BCUT2D eigenvalue weighted by Gasteiger charge is -2.34. The molecule has 0 bridgehead atoms. The Morgan fingerprint density at radius 1 is 0.240 bits per heavy atom. The molecule has 0 radical (unpaired) electrons. The van der Waals surface area contributed by atoms with E-state index in [2.05, 4.69) is 278 Å². The van der Waals surface area contributed by atoms with E-state index in [1.807, 2.05) is 0 Å². The van der Waals surface area contributed by atoms with Crippen LogP contribution in [0.25, 0.3) is 110 Å². The van der Waals surface area contributed by atoms with Crippen molar-refractivity contribution in [2.75, 3.05) is 4.90 Å². The van der Waals surface area contributed by atoms with Crippen LogP contribution in [0.3, 0.4) is 0 Å². The molecule has 0 aliphatic heterocycles. The number of fused-ring (bicyclic) bond motifs is 19. The van der Waals surface area contributed by atoms with Gasteiger partial charge in [-0.25, -0.2) is 0 Å². The third-order valence-corrected chi connectivity index (χ3v) is 16.4. The molecule has 348 valence electrons. The van der Waals surface area contributed by atoms with Crippen LogP contribution in [-0.2, 0) is 5.41 Å². The van der Waals surface area contributed by atoms with Crippen molar-refractivity contribution in [2.45, 2.75) is 5.41 Å². The van der Waals surface area contributed by atoms with Crippen LogP contribution in [0.5, 0.6) is 0 Å². The summed E-state index contributed by atoms with van der Waals surface area (Å²) in [6.45, 7) is 0. The fraction of sp³-hybridized carbons (Fsp3) is 0.0137. The highest BCUT2D eigenvalue weighted by Crippen LogP contribution is 2.64. The molecule has 0 unspecified atom stereocenters. The highest BCUT2D eigenvalue weighted by molar-refractivity contribution is 6.26. The summed E-state index contributed by atoms with van der Waals surface area (Å²) in [7, 11) is 0. The SMILES string of the molecule is c1ccc(-c2cc(-c3ccccc3)cc(N(c3ccc4c5ccccc5c5ccccc5c4c3)c3cc4c(cc3-c3ccc5oc6ccccc6c5c3)-c3ccccc3C43c4ccccc4-c4ccccc43)c2)cc1. The smallest absolute Gasteiger partial charge is 0.135 e. The first-order valence-electron chi connectivity index (χ1n) is 26.0. The Morgan fingerprint density at radius 2 is 0.720 bits per heavy atom. The van der Waals surface area contributed by atoms with Crippen LogP contribution < -0.4 is 4.90 Å². The number of para-hydroxylation sites is 1. The molecule has 1 spiro atoms. The quantitative estimate of drug-likeness (QED) is 0.154. The van der Waals surface area contributed by atoms with Crippen LogP contribution in [0.4, 0.5) is 17.1 Å². The van der Waals surface area contributed by atoms with E-state index in [1.54, 1.807) is 0 Å². The van der Waals surface area contributed by atoms with Crippen molar-refractivity contribution in [3.8, 4) is 55.6 Å². The van der Waals surface area contributed by atoms with Gasteiger partial charge in [-0.1, -0.05) is 212 Å². The molecule has 0 atom stereocenters. The molecule has 2 nitrogen and oxygen atoms in total. The molecule has 2 aliphatic rings. The fourth-order valence-electron chi connectivity index (χ4n) is 13.2. The van der Waals surface area contributed by atoms with Crippen LogP contribution in [-0.4, -0.2) is 0 Å². The highest BCUT2D eigenvalue weighted by Gasteiger charge is 2.52. The zero-order valence-electron chi connectivity index (χ0n) is 40.8. The minimum Gasteiger partial charge on any atom is -0.456 e. The van der Waals surface area contributed by atoms with E-state index in [0.717, 1.165) is 72.4 Å². The molecule has 1 aromatic heterocycles. The van der Waals surface area contributed by atoms with E-state index in [4.69, 9.17) is 4.42 Å². The van der Waals surface area contributed by atoms with Crippen molar-refractivity contribution in [2.24, 2.45) is 0 Å². The standard InChI is InChI=1S/C73H45NO/c1-3-19-46(20-4-1)49-39-50(47-21-5-2-6-22-47)41-52(40-49)74(51-36-37-57-55-25-8-7-23-53(55)54-24-9-10-26-56(54)63(57)43-51)70-45-69-64(44-62(70)48-35-38-72-65(42-48)61-30-14-18-34-71(61)75-72)60-29-13-17-33-68(60)73(69)66-31-15-11-27-58(66)59-28-12-16-32-67(59)73/h1-45H. The lowest BCUT2D eigenvalue weighted by molar-refractivity contribution is 0.669. The Labute approximate surface area is 434 Å². The minimum absolute atomic E-state index is 0.567. The van der Waals surface area contributed by atoms with Gasteiger partial charge in [-0.15, -0.1) is 0 Å². The average molecular weight is 952 g/mol. The summed E-state index contributed by atoms with van der Waals surface area (Å²) in [5.41, 5.74) is 21.5. The molecule has 2 heteroatoms. The summed E-state index contributed by atoms with van der Waals surface area (Å²) < 4.78 is 6.52. The van der Waals surface area contributed by atoms with E-state index in [-0.39, 0.29) is 0 Å². The molecular formula is C73H45NO. The maximum absolute atomic E-state index is 6.52. The zero-order valence-corrected chi connectivity index (χ0v) is 40.8. The first kappa shape index (κ1) is 41.8. The largest absolute Gasteiger partial charge is 0.456 e. The van der Waals surface area contributed by atoms with E-state index in [0.29, 0.717) is 0 Å². The molecule has 2 aliphatic carbocycles. The van der Waals surface area contributed by atoms with Crippen molar-refractivity contribution in [3.63, 3.8) is 0 Å². The predicted molar refractivity (Wildman–Crippen MR) is 314 cm³/mol. The second-order valence-electron chi connectivity index (χ2n) is 20.3. The van der Waals surface area contributed by atoms with Crippen LogP contribution in [0.15, 0.2) is 277 Å². The Kier molecular flexibility index (Phi) is 8.99. The minimum atomic E-state index is -0.567. The van der Waals surface area contributed by atoms with Gasteiger partial charge >= 0.3 is 0 Å². The summed E-state index contributed by atoms with van der Waals surface area (Å²) in [4.78, 5) is 2.57. The lowest BCUT2D eigenvalue weighted by atomic mass is 9.70. The molecule has 0 saturated carbocycles. The van der Waals surface area contributed by atoms with Gasteiger partial charge in [-0.2, -0.15) is 0 Å². The lowest BCUT2D eigenvalue weighted by Crippen LogP contribution is -2.26. The molecule has 14 aromatic rings. The van der Waals surface area contributed by atoms with Gasteiger partial charge in [0.15, 0.2) is 0 Å². The summed E-state index contributed by atoms with van der Waals surface area (Å²) in [6, 6.07) is 101. The first-order valence-corrected chi connectivity index (χ1v) is 26.0. The van der Waals surface area contributed by atoms with Gasteiger partial charge < -0.3 is 9.32 Å². The van der Waals surface area contributed by atoms with Gasteiger partial charge in [-0.3, -0.25) is 0 Å². The molecule has 13 aromatic carbocycles. The number of hydrogen-bond acceptors (Lipinski definition) is 2. The van der Waals surface area contributed by atoms with Crippen molar-refractivity contribution in [3.05, 3.63) is 295 Å². The Bertz CT molecular complexity index is 4520. The van der Waals surface area contributed by atoms with Crippen molar-refractivity contribution >= 4 is 71.3 Å². The van der Waals surface area contributed by atoms with E-state index in [9.17, 15) is 0 Å². The summed E-state index contributed by atoms with van der Waals surface area (Å²) in [5, 5.41) is 9.64. The molecule has 0 amide bonds. The number of benzene rings is 13. The van der Waals surface area contributed by atoms with Gasteiger partial charge in [-0.05, 0) is 165 Å². The third kappa shape index (κ3) is 6.08. The number of nitrogens with zero attached hydrogens (tertiary/aromatic N) is 1. The third-order valence-electron chi connectivity index (χ3n) is 16.4. The van der Waals surface area contributed by atoms with Gasteiger partial charge in [0.1, 0.15) is 11.2 Å². The molecule has 16 rings (SSSR count). The Morgan fingerprint density at radius 3 is 1.32 bits per heavy atom. The van der Waals surface area contributed by atoms with Crippen molar-refractivity contribution < 1.29 is 4.42 Å². The zero-order chi connectivity index (χ0) is 49.2. The van der Waals surface area contributed by atoms with Gasteiger partial charge in [0.25, 0.3) is 0 Å². The molecule has 0 saturated heterocycles. The van der Waals surface area contributed by atoms with Crippen molar-refractivity contribution in [1.29, 1.82) is 0 Å². The molecule has 75 heavy (non-hydrogen) atoms. The number of hydrogen-bond donors (Lipinski definition) is 0. The number of anilines is 3. The summed E-state index contributed by atoms with van der Waals surface area (Å²) in [5.74, 6) is 0. The maximum atomic E-state index is 6.52. The van der Waals surface area contributed by atoms with Gasteiger partial charge in [0, 0.05) is 27.7 Å². The number of rotatable bonds is 6. The Balaban J connectivity index is 1.07. The summed E-state index contributed by atoms with van der Waals surface area (Å²) in [6.07, 6.45) is 0. The maximum Gasteiger partial charge on any atom is 0.135 e.